The second-order valence-corrected chi connectivity index (χ2v) is 5.36. The second-order valence-electron chi connectivity index (χ2n) is 4.50. The number of nitrogens with two attached hydrogens (primary N) is 1. The highest BCUT2D eigenvalue weighted by Gasteiger charge is 2.10. The molecule has 0 amide bonds. The van der Waals surface area contributed by atoms with Crippen molar-refractivity contribution in [3.63, 3.8) is 0 Å². The average Bonchev–Trinajstić information content (AvgIpc) is 2.91. The molecule has 100 valence electrons. The van der Waals surface area contributed by atoms with E-state index in [9.17, 15) is 0 Å². The van der Waals surface area contributed by atoms with Crippen molar-refractivity contribution in [1.29, 1.82) is 0 Å². The molecule has 3 rings (SSSR count). The van der Waals surface area contributed by atoms with E-state index in [4.69, 9.17) is 5.73 Å². The zero-order valence-electron chi connectivity index (χ0n) is 10.9. The number of anilines is 1. The van der Waals surface area contributed by atoms with Gasteiger partial charge in [-0.05, 0) is 36.8 Å². The molecule has 3 aromatic rings. The van der Waals surface area contributed by atoms with E-state index in [-0.39, 0.29) is 0 Å². The normalized spacial score (nSPS) is 10.7. The smallest absolute Gasteiger partial charge is 0.123 e. The van der Waals surface area contributed by atoms with Crippen LogP contribution in [0.2, 0.25) is 0 Å². The van der Waals surface area contributed by atoms with Crippen molar-refractivity contribution < 1.29 is 0 Å². The molecule has 0 aliphatic heterocycles. The van der Waals surface area contributed by atoms with E-state index in [2.05, 4.69) is 43.5 Å². The molecule has 0 unspecified atom stereocenters. The summed E-state index contributed by atoms with van der Waals surface area (Å²) >= 11 is 3.56. The molecule has 5 heteroatoms. The first-order valence-electron chi connectivity index (χ1n) is 6.16. The molecule has 2 heterocycles. The van der Waals surface area contributed by atoms with Crippen LogP contribution in [0.25, 0.3) is 16.9 Å². The lowest BCUT2D eigenvalue weighted by Crippen LogP contribution is -1.99. The highest BCUT2D eigenvalue weighted by molar-refractivity contribution is 9.10. The Balaban J connectivity index is 2.18. The Morgan fingerprint density at radius 3 is 2.90 bits per heavy atom. The van der Waals surface area contributed by atoms with E-state index in [1.165, 1.54) is 0 Å². The van der Waals surface area contributed by atoms with E-state index in [0.29, 0.717) is 5.82 Å². The maximum atomic E-state index is 5.76. The van der Waals surface area contributed by atoms with Crippen molar-refractivity contribution >= 4 is 21.7 Å². The first kappa shape index (κ1) is 12.9. The van der Waals surface area contributed by atoms with Crippen LogP contribution in [0.15, 0.2) is 53.5 Å². The Labute approximate surface area is 125 Å². The molecule has 1 aromatic carbocycles. The van der Waals surface area contributed by atoms with Crippen LogP contribution in [0.3, 0.4) is 0 Å². The largest absolute Gasteiger partial charge is 0.384 e. The number of hydrogen-bond donors (Lipinski definition) is 1. The van der Waals surface area contributed by atoms with E-state index < -0.39 is 0 Å². The fourth-order valence-corrected chi connectivity index (χ4v) is 2.52. The SMILES string of the molecule is Cc1c(Br)cccc1-n1cncc1-c1ccnc(N)c1. The molecule has 0 spiro atoms. The molecule has 0 aliphatic carbocycles. The number of imidazole rings is 1. The molecule has 2 N–H and O–H groups in total. The molecular weight excluding hydrogens is 316 g/mol. The fraction of sp³-hybridized carbons (Fsp3) is 0.0667. The summed E-state index contributed by atoms with van der Waals surface area (Å²) in [6.45, 7) is 2.07. The van der Waals surface area contributed by atoms with Crippen LogP contribution in [0, 0.1) is 6.92 Å². The number of hydrogen-bond acceptors (Lipinski definition) is 3. The number of nitrogen functional groups attached to an aromatic ring is 1. The van der Waals surface area contributed by atoms with Gasteiger partial charge in [-0.1, -0.05) is 22.0 Å². The van der Waals surface area contributed by atoms with Crippen molar-refractivity contribution in [2.24, 2.45) is 0 Å². The van der Waals surface area contributed by atoms with Gasteiger partial charge in [0.15, 0.2) is 0 Å². The molecule has 0 aliphatic rings. The maximum Gasteiger partial charge on any atom is 0.123 e. The molecule has 4 nitrogen and oxygen atoms in total. The molecule has 2 aromatic heterocycles. The van der Waals surface area contributed by atoms with Crippen molar-refractivity contribution in [2.45, 2.75) is 6.92 Å². The van der Waals surface area contributed by atoms with E-state index in [1.54, 1.807) is 12.5 Å². The van der Waals surface area contributed by atoms with Gasteiger partial charge < -0.3 is 5.73 Å². The predicted molar refractivity (Wildman–Crippen MR) is 83.6 cm³/mol. The van der Waals surface area contributed by atoms with Crippen LogP contribution in [-0.4, -0.2) is 14.5 Å². The predicted octanol–water partition coefficient (Wildman–Crippen LogP) is 3.59. The molecule has 0 bridgehead atoms. The molecule has 0 atom stereocenters. The number of benzene rings is 1. The van der Waals surface area contributed by atoms with Gasteiger partial charge in [0.05, 0.1) is 23.9 Å². The monoisotopic (exact) mass is 328 g/mol. The van der Waals surface area contributed by atoms with Crippen LogP contribution in [-0.2, 0) is 0 Å². The maximum absolute atomic E-state index is 5.76. The molecule has 20 heavy (non-hydrogen) atoms. The van der Waals surface area contributed by atoms with Gasteiger partial charge in [-0.3, -0.25) is 4.57 Å². The first-order chi connectivity index (χ1) is 9.66. The molecule has 0 fully saturated rings. The lowest BCUT2D eigenvalue weighted by Gasteiger charge is -2.12. The van der Waals surface area contributed by atoms with Gasteiger partial charge in [-0.25, -0.2) is 9.97 Å². The summed E-state index contributed by atoms with van der Waals surface area (Å²) in [5.74, 6) is 0.501. The summed E-state index contributed by atoms with van der Waals surface area (Å²) in [5, 5.41) is 0. The number of rotatable bonds is 2. The van der Waals surface area contributed by atoms with Crippen molar-refractivity contribution in [1.82, 2.24) is 14.5 Å². The van der Waals surface area contributed by atoms with Gasteiger partial charge in [-0.15, -0.1) is 0 Å². The zero-order valence-corrected chi connectivity index (χ0v) is 12.5. The third-order valence-electron chi connectivity index (χ3n) is 3.21. The third kappa shape index (κ3) is 2.20. The van der Waals surface area contributed by atoms with E-state index in [1.807, 2.05) is 30.5 Å². The Hall–Kier alpha value is -2.14. The second kappa shape index (κ2) is 5.09. The van der Waals surface area contributed by atoms with Crippen LogP contribution < -0.4 is 5.73 Å². The van der Waals surface area contributed by atoms with Crippen molar-refractivity contribution in [3.8, 4) is 16.9 Å². The topological polar surface area (TPSA) is 56.7 Å². The summed E-state index contributed by atoms with van der Waals surface area (Å²) in [6.07, 6.45) is 5.34. The lowest BCUT2D eigenvalue weighted by atomic mass is 10.1. The summed E-state index contributed by atoms with van der Waals surface area (Å²) in [7, 11) is 0. The fourth-order valence-electron chi connectivity index (χ4n) is 2.17. The van der Waals surface area contributed by atoms with Crippen LogP contribution in [0.1, 0.15) is 5.56 Å². The zero-order chi connectivity index (χ0) is 14.1. The number of aromatic nitrogens is 3. The Kier molecular flexibility index (Phi) is 3.28. The van der Waals surface area contributed by atoms with Crippen LogP contribution >= 0.6 is 15.9 Å². The summed E-state index contributed by atoms with van der Waals surface area (Å²) in [4.78, 5) is 8.29. The summed E-state index contributed by atoms with van der Waals surface area (Å²) in [6, 6.07) is 9.88. The minimum Gasteiger partial charge on any atom is -0.384 e. The Bertz CT molecular complexity index is 764. The molecule has 0 radical (unpaired) electrons. The highest BCUT2D eigenvalue weighted by Crippen LogP contribution is 2.28. The van der Waals surface area contributed by atoms with Crippen LogP contribution in [0.5, 0.6) is 0 Å². The molecule has 0 saturated carbocycles. The standard InChI is InChI=1S/C15H13BrN4/c1-10-12(16)3-2-4-13(10)20-9-18-8-14(20)11-5-6-19-15(17)7-11/h2-9H,1H3,(H2,17,19). The van der Waals surface area contributed by atoms with Gasteiger partial charge >= 0.3 is 0 Å². The highest BCUT2D eigenvalue weighted by atomic mass is 79.9. The Morgan fingerprint density at radius 2 is 2.10 bits per heavy atom. The average molecular weight is 329 g/mol. The number of pyridine rings is 1. The number of halogens is 1. The van der Waals surface area contributed by atoms with Gasteiger partial charge in [0.25, 0.3) is 0 Å². The van der Waals surface area contributed by atoms with Crippen molar-refractivity contribution in [3.05, 3.63) is 59.1 Å². The molecule has 0 saturated heterocycles. The minimum atomic E-state index is 0.501. The summed E-state index contributed by atoms with van der Waals surface area (Å²) < 4.78 is 3.12. The lowest BCUT2D eigenvalue weighted by molar-refractivity contribution is 1.04. The Morgan fingerprint density at radius 1 is 1.25 bits per heavy atom. The van der Waals surface area contributed by atoms with Gasteiger partial charge in [0, 0.05) is 16.2 Å². The molecular formula is C15H13BrN4. The third-order valence-corrected chi connectivity index (χ3v) is 4.07. The van der Waals surface area contributed by atoms with Gasteiger partial charge in [0.1, 0.15) is 5.82 Å². The van der Waals surface area contributed by atoms with Crippen LogP contribution in [0.4, 0.5) is 5.82 Å². The van der Waals surface area contributed by atoms with Gasteiger partial charge in [0.2, 0.25) is 0 Å². The van der Waals surface area contributed by atoms with E-state index >= 15 is 0 Å². The van der Waals surface area contributed by atoms with Gasteiger partial charge in [-0.2, -0.15) is 0 Å². The summed E-state index contributed by atoms with van der Waals surface area (Å²) in [5.41, 5.74) is 9.99. The quantitative estimate of drug-likeness (QED) is 0.782. The first-order valence-corrected chi connectivity index (χ1v) is 6.96. The van der Waals surface area contributed by atoms with E-state index in [0.717, 1.165) is 27.0 Å². The number of nitrogens with zero attached hydrogens (tertiary/aromatic N) is 3. The minimum absolute atomic E-state index is 0.501. The van der Waals surface area contributed by atoms with Crippen molar-refractivity contribution in [2.75, 3.05) is 5.73 Å².